The number of furan rings is 1. The molecule has 1 fully saturated rings. The van der Waals surface area contributed by atoms with E-state index in [0.717, 1.165) is 6.42 Å². The number of hydrogen-bond acceptors (Lipinski definition) is 3. The Bertz CT molecular complexity index is 468. The van der Waals surface area contributed by atoms with Gasteiger partial charge >= 0.3 is 5.97 Å². The van der Waals surface area contributed by atoms with Crippen LogP contribution in [0.5, 0.6) is 0 Å². The van der Waals surface area contributed by atoms with E-state index in [1.54, 1.807) is 18.4 Å². The van der Waals surface area contributed by atoms with Gasteiger partial charge in [0, 0.05) is 0 Å². The quantitative estimate of drug-likeness (QED) is 0.868. The van der Waals surface area contributed by atoms with Crippen LogP contribution in [0.2, 0.25) is 0 Å². The van der Waals surface area contributed by atoms with Gasteiger partial charge in [0.15, 0.2) is 0 Å². The number of carboxylic acid groups (broad SMARTS) is 1. The van der Waals surface area contributed by atoms with Gasteiger partial charge in [-0.15, -0.1) is 0 Å². The van der Waals surface area contributed by atoms with Crippen molar-refractivity contribution < 1.29 is 19.1 Å². The molecule has 110 valence electrons. The largest absolute Gasteiger partial charge is 0.481 e. The standard InChI is InChI=1S/C15H21NO4/c1-3-10-7-11(12(8-10)15(18)19)14(17)16-9(2)13-5-4-6-20-13/h4-6,9-12H,3,7-8H2,1-2H3,(H,16,17)(H,18,19)/t9-,10?,11?,12?/m1/s1. The van der Waals surface area contributed by atoms with Gasteiger partial charge in [-0.25, -0.2) is 0 Å². The summed E-state index contributed by atoms with van der Waals surface area (Å²) in [4.78, 5) is 23.6. The van der Waals surface area contributed by atoms with Crippen molar-refractivity contribution in [1.29, 1.82) is 0 Å². The van der Waals surface area contributed by atoms with Gasteiger partial charge in [-0.05, 0) is 37.8 Å². The maximum atomic E-state index is 12.3. The molecule has 0 aromatic carbocycles. The van der Waals surface area contributed by atoms with Crippen molar-refractivity contribution in [2.75, 3.05) is 0 Å². The molecule has 0 spiro atoms. The highest BCUT2D eigenvalue weighted by molar-refractivity contribution is 5.85. The summed E-state index contributed by atoms with van der Waals surface area (Å²) in [6, 6.07) is 3.32. The smallest absolute Gasteiger partial charge is 0.307 e. The SMILES string of the molecule is CCC1CC(C(=O)O)C(C(=O)N[C@H](C)c2ccco2)C1. The first-order chi connectivity index (χ1) is 9.52. The van der Waals surface area contributed by atoms with E-state index in [1.807, 2.05) is 13.8 Å². The first-order valence-corrected chi connectivity index (χ1v) is 7.09. The molecule has 5 nitrogen and oxygen atoms in total. The lowest BCUT2D eigenvalue weighted by Gasteiger charge is -2.18. The number of hydrogen-bond donors (Lipinski definition) is 2. The molecule has 1 aliphatic carbocycles. The van der Waals surface area contributed by atoms with Crippen molar-refractivity contribution >= 4 is 11.9 Å². The zero-order valence-electron chi connectivity index (χ0n) is 11.8. The van der Waals surface area contributed by atoms with Crippen LogP contribution in [-0.4, -0.2) is 17.0 Å². The van der Waals surface area contributed by atoms with E-state index in [4.69, 9.17) is 4.42 Å². The number of carbonyl (C=O) groups is 2. The maximum absolute atomic E-state index is 12.3. The second-order valence-electron chi connectivity index (χ2n) is 5.54. The molecule has 1 aromatic heterocycles. The molecule has 1 heterocycles. The Labute approximate surface area is 118 Å². The van der Waals surface area contributed by atoms with E-state index >= 15 is 0 Å². The zero-order valence-corrected chi connectivity index (χ0v) is 11.8. The van der Waals surface area contributed by atoms with Crippen LogP contribution in [-0.2, 0) is 9.59 Å². The van der Waals surface area contributed by atoms with E-state index in [2.05, 4.69) is 5.32 Å². The Morgan fingerprint density at radius 2 is 2.15 bits per heavy atom. The van der Waals surface area contributed by atoms with E-state index in [-0.39, 0.29) is 11.9 Å². The zero-order chi connectivity index (χ0) is 14.7. The molecular formula is C15H21NO4. The maximum Gasteiger partial charge on any atom is 0.307 e. The third-order valence-electron chi connectivity index (χ3n) is 4.22. The van der Waals surface area contributed by atoms with Crippen LogP contribution in [0.3, 0.4) is 0 Å². The van der Waals surface area contributed by atoms with Crippen molar-refractivity contribution in [3.63, 3.8) is 0 Å². The molecular weight excluding hydrogens is 258 g/mol. The molecule has 2 N–H and O–H groups in total. The fraction of sp³-hybridized carbons (Fsp3) is 0.600. The van der Waals surface area contributed by atoms with E-state index < -0.39 is 17.8 Å². The van der Waals surface area contributed by atoms with Crippen LogP contribution in [0, 0.1) is 17.8 Å². The molecule has 1 amide bonds. The lowest BCUT2D eigenvalue weighted by atomic mass is 9.95. The summed E-state index contributed by atoms with van der Waals surface area (Å²) in [5, 5.41) is 12.1. The predicted molar refractivity (Wildman–Crippen MR) is 72.9 cm³/mol. The topological polar surface area (TPSA) is 79.5 Å². The highest BCUT2D eigenvalue weighted by atomic mass is 16.4. The number of carbonyl (C=O) groups excluding carboxylic acids is 1. The van der Waals surface area contributed by atoms with Crippen LogP contribution in [0.15, 0.2) is 22.8 Å². The minimum Gasteiger partial charge on any atom is -0.481 e. The summed E-state index contributed by atoms with van der Waals surface area (Å²) < 4.78 is 5.24. The third-order valence-corrected chi connectivity index (χ3v) is 4.22. The number of carboxylic acids is 1. The molecule has 0 aliphatic heterocycles. The summed E-state index contributed by atoms with van der Waals surface area (Å²) in [5.41, 5.74) is 0. The molecule has 0 saturated heterocycles. The van der Waals surface area contributed by atoms with E-state index in [0.29, 0.717) is 24.5 Å². The second-order valence-corrected chi connectivity index (χ2v) is 5.54. The monoisotopic (exact) mass is 279 g/mol. The average molecular weight is 279 g/mol. The van der Waals surface area contributed by atoms with Crippen LogP contribution in [0.25, 0.3) is 0 Å². The van der Waals surface area contributed by atoms with E-state index in [9.17, 15) is 14.7 Å². The first-order valence-electron chi connectivity index (χ1n) is 7.09. The van der Waals surface area contributed by atoms with Crippen LogP contribution in [0.1, 0.15) is 44.9 Å². The number of aliphatic carboxylic acids is 1. The molecule has 1 aliphatic rings. The molecule has 0 bridgehead atoms. The summed E-state index contributed by atoms with van der Waals surface area (Å²) in [7, 11) is 0. The fourth-order valence-electron chi connectivity index (χ4n) is 2.97. The Kier molecular flexibility index (Phi) is 4.47. The van der Waals surface area contributed by atoms with Crippen molar-refractivity contribution in [1.82, 2.24) is 5.32 Å². The third kappa shape index (κ3) is 3.03. The van der Waals surface area contributed by atoms with Gasteiger partial charge in [-0.3, -0.25) is 9.59 Å². The van der Waals surface area contributed by atoms with Gasteiger partial charge in [0.2, 0.25) is 5.91 Å². The normalized spacial score (nSPS) is 27.2. The summed E-state index contributed by atoms with van der Waals surface area (Å²) in [6.07, 6.45) is 3.73. The Morgan fingerprint density at radius 3 is 2.70 bits per heavy atom. The molecule has 2 rings (SSSR count). The predicted octanol–water partition coefficient (Wildman–Crippen LogP) is 2.59. The minimum atomic E-state index is -0.869. The number of nitrogens with one attached hydrogen (secondary N) is 1. The first kappa shape index (κ1) is 14.6. The number of amides is 1. The van der Waals surface area contributed by atoms with Gasteiger partial charge < -0.3 is 14.8 Å². The average Bonchev–Trinajstić information content (AvgIpc) is 3.07. The number of rotatable bonds is 5. The van der Waals surface area contributed by atoms with Crippen LogP contribution >= 0.6 is 0 Å². The van der Waals surface area contributed by atoms with E-state index in [1.165, 1.54) is 0 Å². The lowest BCUT2D eigenvalue weighted by Crippen LogP contribution is -2.36. The van der Waals surface area contributed by atoms with Gasteiger partial charge in [0.25, 0.3) is 0 Å². The summed E-state index contributed by atoms with van der Waals surface area (Å²) in [5.74, 6) is -1.05. The minimum absolute atomic E-state index is 0.183. The highest BCUT2D eigenvalue weighted by Crippen LogP contribution is 2.38. The molecule has 20 heavy (non-hydrogen) atoms. The van der Waals surface area contributed by atoms with Crippen molar-refractivity contribution in [3.8, 4) is 0 Å². The highest BCUT2D eigenvalue weighted by Gasteiger charge is 2.42. The summed E-state index contributed by atoms with van der Waals surface area (Å²) >= 11 is 0. The molecule has 4 atom stereocenters. The molecule has 1 saturated carbocycles. The lowest BCUT2D eigenvalue weighted by molar-refractivity contribution is -0.146. The van der Waals surface area contributed by atoms with Crippen molar-refractivity contribution in [3.05, 3.63) is 24.2 Å². The van der Waals surface area contributed by atoms with Gasteiger partial charge in [-0.2, -0.15) is 0 Å². The van der Waals surface area contributed by atoms with Crippen molar-refractivity contribution in [2.45, 2.75) is 39.2 Å². The Morgan fingerprint density at radius 1 is 1.45 bits per heavy atom. The van der Waals surface area contributed by atoms with Gasteiger partial charge in [0.05, 0.1) is 24.1 Å². The van der Waals surface area contributed by atoms with Crippen molar-refractivity contribution in [2.24, 2.45) is 17.8 Å². The Balaban J connectivity index is 2.02. The second kappa shape index (κ2) is 6.11. The van der Waals surface area contributed by atoms with Gasteiger partial charge in [0.1, 0.15) is 5.76 Å². The molecule has 0 radical (unpaired) electrons. The van der Waals surface area contributed by atoms with Crippen LogP contribution in [0.4, 0.5) is 0 Å². The molecule has 3 unspecified atom stereocenters. The molecule has 1 aromatic rings. The fourth-order valence-corrected chi connectivity index (χ4v) is 2.97. The van der Waals surface area contributed by atoms with Crippen LogP contribution < -0.4 is 5.32 Å². The Hall–Kier alpha value is -1.78. The van der Waals surface area contributed by atoms with Gasteiger partial charge in [-0.1, -0.05) is 13.3 Å². The molecule has 5 heteroatoms. The summed E-state index contributed by atoms with van der Waals surface area (Å²) in [6.45, 7) is 3.87.